The molecule has 0 radical (unpaired) electrons. The van der Waals surface area contributed by atoms with E-state index in [1.807, 2.05) is 33.8 Å². The summed E-state index contributed by atoms with van der Waals surface area (Å²) in [7, 11) is 0. The van der Waals surface area contributed by atoms with Crippen LogP contribution in [0.2, 0.25) is 0 Å². The number of hydrogen-bond acceptors (Lipinski definition) is 4. The second-order valence-corrected chi connectivity index (χ2v) is 6.03. The molecule has 0 saturated heterocycles. The molecule has 2 rings (SSSR count). The van der Waals surface area contributed by atoms with Crippen LogP contribution in [-0.4, -0.2) is 15.9 Å². The molecular formula is C14H17N3OS. The Morgan fingerprint density at radius 3 is 2.63 bits per heavy atom. The van der Waals surface area contributed by atoms with Gasteiger partial charge in [0.15, 0.2) is 0 Å². The zero-order valence-electron chi connectivity index (χ0n) is 11.5. The maximum Gasteiger partial charge on any atom is 0.253 e. The van der Waals surface area contributed by atoms with Gasteiger partial charge in [-0.25, -0.2) is 4.98 Å². The molecule has 1 amide bonds. The molecule has 0 unspecified atom stereocenters. The van der Waals surface area contributed by atoms with Crippen LogP contribution in [0.25, 0.3) is 0 Å². The minimum absolute atomic E-state index is 0.0991. The van der Waals surface area contributed by atoms with Gasteiger partial charge in [-0.3, -0.25) is 9.78 Å². The van der Waals surface area contributed by atoms with Gasteiger partial charge >= 0.3 is 0 Å². The summed E-state index contributed by atoms with van der Waals surface area (Å²) in [5, 5.41) is 3.98. The van der Waals surface area contributed by atoms with Crippen molar-refractivity contribution in [2.75, 3.05) is 0 Å². The van der Waals surface area contributed by atoms with Crippen LogP contribution >= 0.6 is 11.3 Å². The second kappa shape index (κ2) is 5.48. The summed E-state index contributed by atoms with van der Waals surface area (Å²) in [5.41, 5.74) is 2.49. The van der Waals surface area contributed by atoms with E-state index in [-0.39, 0.29) is 11.9 Å². The highest BCUT2D eigenvalue weighted by Crippen LogP contribution is 2.22. The van der Waals surface area contributed by atoms with E-state index in [0.717, 1.165) is 21.1 Å². The van der Waals surface area contributed by atoms with Crippen LogP contribution in [0.4, 0.5) is 0 Å². The smallest absolute Gasteiger partial charge is 0.253 e. The quantitative estimate of drug-likeness (QED) is 0.937. The lowest BCUT2D eigenvalue weighted by molar-refractivity contribution is 0.0938. The molecule has 19 heavy (non-hydrogen) atoms. The van der Waals surface area contributed by atoms with E-state index in [1.165, 1.54) is 0 Å². The van der Waals surface area contributed by atoms with Gasteiger partial charge in [0.1, 0.15) is 0 Å². The average Bonchev–Trinajstić information content (AvgIpc) is 2.68. The Bertz CT molecular complexity index is 606. The molecule has 0 spiro atoms. The van der Waals surface area contributed by atoms with Gasteiger partial charge in [0.05, 0.1) is 22.3 Å². The molecule has 0 bridgehead atoms. The Kier molecular flexibility index (Phi) is 3.95. The fourth-order valence-corrected chi connectivity index (χ4v) is 2.89. The lowest BCUT2D eigenvalue weighted by Crippen LogP contribution is -2.27. The Hall–Kier alpha value is -1.75. The number of pyridine rings is 1. The Morgan fingerprint density at radius 2 is 2.05 bits per heavy atom. The molecular weight excluding hydrogens is 258 g/mol. The molecule has 0 aromatic carbocycles. The standard InChI is InChI=1S/C14H17N3OS/c1-8-5-12(7-15-6-8)14(18)16-9(2)13-10(3)19-11(4)17-13/h5-7,9H,1-4H3,(H,16,18)/t9-/m0/s1. The second-order valence-electron chi connectivity index (χ2n) is 4.62. The third-order valence-electron chi connectivity index (χ3n) is 2.83. The van der Waals surface area contributed by atoms with Crippen molar-refractivity contribution in [2.45, 2.75) is 33.7 Å². The highest BCUT2D eigenvalue weighted by molar-refractivity contribution is 7.11. The monoisotopic (exact) mass is 275 g/mol. The van der Waals surface area contributed by atoms with Crippen molar-refractivity contribution in [1.82, 2.24) is 15.3 Å². The Labute approximate surface area is 116 Å². The van der Waals surface area contributed by atoms with Crippen molar-refractivity contribution in [1.29, 1.82) is 0 Å². The molecule has 2 heterocycles. The van der Waals surface area contributed by atoms with Crippen LogP contribution in [0, 0.1) is 20.8 Å². The molecule has 0 saturated carbocycles. The Balaban J connectivity index is 2.13. The van der Waals surface area contributed by atoms with Crippen molar-refractivity contribution >= 4 is 17.2 Å². The van der Waals surface area contributed by atoms with Gasteiger partial charge < -0.3 is 5.32 Å². The maximum absolute atomic E-state index is 12.1. The van der Waals surface area contributed by atoms with Crippen LogP contribution in [-0.2, 0) is 0 Å². The first-order valence-corrected chi connectivity index (χ1v) is 6.95. The van der Waals surface area contributed by atoms with Crippen molar-refractivity contribution in [3.63, 3.8) is 0 Å². The van der Waals surface area contributed by atoms with Gasteiger partial charge in [-0.1, -0.05) is 0 Å². The van der Waals surface area contributed by atoms with Gasteiger partial charge in [0.25, 0.3) is 5.91 Å². The van der Waals surface area contributed by atoms with Gasteiger partial charge in [0.2, 0.25) is 0 Å². The Morgan fingerprint density at radius 1 is 1.32 bits per heavy atom. The third-order valence-corrected chi connectivity index (χ3v) is 3.74. The minimum Gasteiger partial charge on any atom is -0.344 e. The predicted octanol–water partition coefficient (Wildman–Crippen LogP) is 2.95. The van der Waals surface area contributed by atoms with Gasteiger partial charge in [0, 0.05) is 17.3 Å². The van der Waals surface area contributed by atoms with E-state index in [1.54, 1.807) is 23.7 Å². The van der Waals surface area contributed by atoms with Crippen molar-refractivity contribution in [3.8, 4) is 0 Å². The third kappa shape index (κ3) is 3.17. The van der Waals surface area contributed by atoms with Crippen molar-refractivity contribution in [2.24, 2.45) is 0 Å². The molecule has 4 nitrogen and oxygen atoms in total. The molecule has 2 aromatic heterocycles. The first-order valence-electron chi connectivity index (χ1n) is 6.14. The SMILES string of the molecule is Cc1cncc(C(=O)N[C@@H](C)c2nc(C)sc2C)c1. The van der Waals surface area contributed by atoms with E-state index >= 15 is 0 Å². The molecule has 0 aliphatic heterocycles. The van der Waals surface area contributed by atoms with E-state index < -0.39 is 0 Å². The van der Waals surface area contributed by atoms with E-state index in [0.29, 0.717) is 5.56 Å². The van der Waals surface area contributed by atoms with Crippen molar-refractivity contribution < 1.29 is 4.79 Å². The van der Waals surface area contributed by atoms with E-state index in [9.17, 15) is 4.79 Å². The predicted molar refractivity (Wildman–Crippen MR) is 76.4 cm³/mol. The lowest BCUT2D eigenvalue weighted by Gasteiger charge is -2.12. The molecule has 0 aliphatic rings. The fraction of sp³-hybridized carbons (Fsp3) is 0.357. The van der Waals surface area contributed by atoms with Crippen LogP contribution in [0.15, 0.2) is 18.5 Å². The number of carbonyl (C=O) groups excluding carboxylic acids is 1. The summed E-state index contributed by atoms with van der Waals surface area (Å²) >= 11 is 1.65. The average molecular weight is 275 g/mol. The zero-order chi connectivity index (χ0) is 14.0. The van der Waals surface area contributed by atoms with E-state index in [4.69, 9.17) is 0 Å². The van der Waals surface area contributed by atoms with Gasteiger partial charge in [-0.15, -0.1) is 11.3 Å². The lowest BCUT2D eigenvalue weighted by atomic mass is 10.1. The van der Waals surface area contributed by atoms with Gasteiger partial charge in [-0.05, 0) is 39.3 Å². The summed E-state index contributed by atoms with van der Waals surface area (Å²) in [6.07, 6.45) is 3.31. The number of amides is 1. The van der Waals surface area contributed by atoms with Crippen LogP contribution in [0.5, 0.6) is 0 Å². The van der Waals surface area contributed by atoms with Gasteiger partial charge in [-0.2, -0.15) is 0 Å². The summed E-state index contributed by atoms with van der Waals surface area (Å²) in [4.78, 5) is 21.8. The number of thiazole rings is 1. The van der Waals surface area contributed by atoms with Crippen LogP contribution < -0.4 is 5.32 Å². The van der Waals surface area contributed by atoms with Crippen LogP contribution in [0.3, 0.4) is 0 Å². The molecule has 5 heteroatoms. The molecule has 1 N–H and O–H groups in total. The number of hydrogen-bond donors (Lipinski definition) is 1. The molecule has 100 valence electrons. The summed E-state index contributed by atoms with van der Waals surface area (Å²) < 4.78 is 0. The number of nitrogens with one attached hydrogen (secondary N) is 1. The number of carbonyl (C=O) groups is 1. The number of nitrogens with zero attached hydrogens (tertiary/aromatic N) is 2. The summed E-state index contributed by atoms with van der Waals surface area (Å²) in [6, 6.07) is 1.73. The maximum atomic E-state index is 12.1. The number of aromatic nitrogens is 2. The van der Waals surface area contributed by atoms with Crippen molar-refractivity contribution in [3.05, 3.63) is 45.2 Å². The highest BCUT2D eigenvalue weighted by Gasteiger charge is 2.16. The fourth-order valence-electron chi connectivity index (χ4n) is 1.97. The topological polar surface area (TPSA) is 54.9 Å². The molecule has 1 atom stereocenters. The minimum atomic E-state index is -0.117. The van der Waals surface area contributed by atoms with Crippen LogP contribution in [0.1, 0.15) is 44.5 Å². The summed E-state index contributed by atoms with van der Waals surface area (Å²) in [6.45, 7) is 7.86. The number of aryl methyl sites for hydroxylation is 3. The normalized spacial score (nSPS) is 12.2. The first kappa shape index (κ1) is 13.7. The molecule has 0 aliphatic carbocycles. The first-order chi connectivity index (χ1) is 8.97. The molecule has 2 aromatic rings. The molecule has 0 fully saturated rings. The highest BCUT2D eigenvalue weighted by atomic mass is 32.1. The summed E-state index contributed by atoms with van der Waals surface area (Å²) in [5.74, 6) is -0.117. The number of rotatable bonds is 3. The van der Waals surface area contributed by atoms with E-state index in [2.05, 4.69) is 15.3 Å². The largest absolute Gasteiger partial charge is 0.344 e. The zero-order valence-corrected chi connectivity index (χ0v) is 12.3.